The predicted octanol–water partition coefficient (Wildman–Crippen LogP) is 13.4. The van der Waals surface area contributed by atoms with Crippen molar-refractivity contribution in [1.82, 2.24) is 0 Å². The molecular formula is C42H28Br2. The number of benzene rings is 8. The summed E-state index contributed by atoms with van der Waals surface area (Å²) in [5, 5.41) is 9.99. The minimum atomic E-state index is 1.05. The van der Waals surface area contributed by atoms with E-state index in [2.05, 4.69) is 179 Å². The van der Waals surface area contributed by atoms with Crippen LogP contribution >= 0.6 is 31.9 Å². The molecule has 0 spiro atoms. The van der Waals surface area contributed by atoms with Gasteiger partial charge in [-0.2, -0.15) is 0 Å². The highest BCUT2D eigenvalue weighted by molar-refractivity contribution is 9.13. The van der Waals surface area contributed by atoms with E-state index in [4.69, 9.17) is 0 Å². The first-order valence-corrected chi connectivity index (χ1v) is 16.5. The Kier molecular flexibility index (Phi) is 6.66. The smallest absolute Gasteiger partial charge is 0.0402 e. The fraction of sp³-hybridized carbons (Fsp3) is 0.0476. The fourth-order valence-electron chi connectivity index (χ4n) is 7.01. The van der Waals surface area contributed by atoms with Gasteiger partial charge < -0.3 is 0 Å². The molecule has 44 heavy (non-hydrogen) atoms. The van der Waals surface area contributed by atoms with E-state index in [0.717, 1.165) is 8.95 Å². The molecule has 0 aliphatic carbocycles. The van der Waals surface area contributed by atoms with E-state index in [1.54, 1.807) is 0 Å². The van der Waals surface area contributed by atoms with E-state index in [0.29, 0.717) is 0 Å². The maximum Gasteiger partial charge on any atom is 0.0402 e. The lowest BCUT2D eigenvalue weighted by molar-refractivity contribution is 1.38. The van der Waals surface area contributed by atoms with E-state index in [9.17, 15) is 0 Å². The third kappa shape index (κ3) is 4.39. The first-order valence-electron chi connectivity index (χ1n) is 14.9. The number of aryl methyl sites for hydroxylation is 2. The molecule has 0 fully saturated rings. The second-order valence-electron chi connectivity index (χ2n) is 11.7. The highest BCUT2D eigenvalue weighted by Crippen LogP contribution is 2.50. The van der Waals surface area contributed by atoms with Crippen LogP contribution in [0.2, 0.25) is 0 Å². The highest BCUT2D eigenvalue weighted by atomic mass is 79.9. The molecule has 2 heteroatoms. The molecule has 0 bridgehead atoms. The van der Waals surface area contributed by atoms with Crippen molar-refractivity contribution in [2.45, 2.75) is 13.8 Å². The Morgan fingerprint density at radius 2 is 0.977 bits per heavy atom. The topological polar surface area (TPSA) is 0 Å². The van der Waals surface area contributed by atoms with Crippen LogP contribution in [0.3, 0.4) is 0 Å². The molecule has 0 amide bonds. The first kappa shape index (κ1) is 27.3. The molecule has 0 saturated heterocycles. The average molecular weight is 692 g/mol. The number of halogens is 2. The quantitative estimate of drug-likeness (QED) is 0.128. The molecule has 0 aliphatic heterocycles. The molecule has 8 aromatic carbocycles. The molecule has 0 radical (unpaired) electrons. The van der Waals surface area contributed by atoms with Gasteiger partial charge in [0.05, 0.1) is 0 Å². The van der Waals surface area contributed by atoms with Crippen LogP contribution in [-0.4, -0.2) is 0 Å². The minimum absolute atomic E-state index is 1.05. The number of fused-ring (bicyclic) bond motifs is 6. The van der Waals surface area contributed by atoms with Crippen molar-refractivity contribution in [3.63, 3.8) is 0 Å². The molecule has 8 rings (SSSR count). The molecule has 0 nitrogen and oxygen atoms in total. The van der Waals surface area contributed by atoms with Gasteiger partial charge in [-0.1, -0.05) is 139 Å². The van der Waals surface area contributed by atoms with Crippen LogP contribution < -0.4 is 0 Å². The zero-order valence-corrected chi connectivity index (χ0v) is 27.6. The van der Waals surface area contributed by atoms with E-state index in [1.165, 1.54) is 87.6 Å². The standard InChI is InChI=1S/C42H28Br2/c1-25-22-26(2)24-32(23-25)27-12-14-30(15-13-27)38-40-33-11-7-6-8-28(33)16-19-34(40)37(29-9-4-3-5-10-29)35-20-17-31-18-21-36(43)42(44)39(31)41(35)38/h3-24H,1-2H3. The molecule has 210 valence electrons. The van der Waals surface area contributed by atoms with Crippen LogP contribution in [0.4, 0.5) is 0 Å². The average Bonchev–Trinajstić information content (AvgIpc) is 3.05. The summed E-state index contributed by atoms with van der Waals surface area (Å²) in [6.45, 7) is 4.34. The van der Waals surface area contributed by atoms with Gasteiger partial charge in [0.2, 0.25) is 0 Å². The molecule has 0 unspecified atom stereocenters. The van der Waals surface area contributed by atoms with E-state index < -0.39 is 0 Å². The Morgan fingerprint density at radius 3 is 1.73 bits per heavy atom. The van der Waals surface area contributed by atoms with Gasteiger partial charge in [0.25, 0.3) is 0 Å². The SMILES string of the molecule is Cc1cc(C)cc(-c2ccc(-c3c4c(ccc5ccccc54)c(-c4ccccc4)c4ccc5ccc(Br)c(Br)c5c34)cc2)c1. The zero-order valence-electron chi connectivity index (χ0n) is 24.5. The Balaban J connectivity index is 1.58. The van der Waals surface area contributed by atoms with Gasteiger partial charge in [0.15, 0.2) is 0 Å². The maximum atomic E-state index is 4.01. The summed E-state index contributed by atoms with van der Waals surface area (Å²) < 4.78 is 2.13. The lowest BCUT2D eigenvalue weighted by Crippen LogP contribution is -1.94. The number of hydrogen-bond acceptors (Lipinski definition) is 0. The summed E-state index contributed by atoms with van der Waals surface area (Å²) in [5.74, 6) is 0. The first-order chi connectivity index (χ1) is 21.5. The van der Waals surface area contributed by atoms with Gasteiger partial charge in [-0.05, 0) is 123 Å². The fourth-order valence-corrected chi connectivity index (χ4v) is 7.90. The minimum Gasteiger partial charge on any atom is -0.0622 e. The van der Waals surface area contributed by atoms with Crippen LogP contribution in [-0.2, 0) is 0 Å². The lowest BCUT2D eigenvalue weighted by atomic mass is 9.82. The van der Waals surface area contributed by atoms with Gasteiger partial charge >= 0.3 is 0 Å². The van der Waals surface area contributed by atoms with Crippen LogP contribution in [0.15, 0.2) is 142 Å². The molecule has 0 aromatic heterocycles. The van der Waals surface area contributed by atoms with E-state index >= 15 is 0 Å². The molecule has 0 saturated carbocycles. The van der Waals surface area contributed by atoms with Gasteiger partial charge in [-0.3, -0.25) is 0 Å². The monoisotopic (exact) mass is 690 g/mol. The third-order valence-corrected chi connectivity index (χ3v) is 10.9. The molecular weight excluding hydrogens is 664 g/mol. The van der Waals surface area contributed by atoms with Gasteiger partial charge in [-0.15, -0.1) is 0 Å². The van der Waals surface area contributed by atoms with Crippen molar-refractivity contribution in [2.75, 3.05) is 0 Å². The van der Waals surface area contributed by atoms with Gasteiger partial charge in [0.1, 0.15) is 0 Å². The Morgan fingerprint density at radius 1 is 0.386 bits per heavy atom. The Hall–Kier alpha value is -4.24. The van der Waals surface area contributed by atoms with Crippen molar-refractivity contribution in [2.24, 2.45) is 0 Å². The molecule has 8 aromatic rings. The van der Waals surface area contributed by atoms with Crippen molar-refractivity contribution >= 4 is 74.9 Å². The van der Waals surface area contributed by atoms with Crippen LogP contribution in [0, 0.1) is 13.8 Å². The third-order valence-electron chi connectivity index (χ3n) is 8.83. The molecule has 0 aliphatic rings. The van der Waals surface area contributed by atoms with Crippen LogP contribution in [0.25, 0.3) is 76.5 Å². The summed E-state index contributed by atoms with van der Waals surface area (Å²) in [6, 6.07) is 49.2. The number of rotatable bonds is 3. The highest BCUT2D eigenvalue weighted by Gasteiger charge is 2.22. The van der Waals surface area contributed by atoms with Gasteiger partial charge in [0, 0.05) is 14.3 Å². The molecule has 0 N–H and O–H groups in total. The number of hydrogen-bond donors (Lipinski definition) is 0. The summed E-state index contributed by atoms with van der Waals surface area (Å²) in [7, 11) is 0. The van der Waals surface area contributed by atoms with Crippen molar-refractivity contribution < 1.29 is 0 Å². The Bertz CT molecular complexity index is 2380. The zero-order chi connectivity index (χ0) is 29.9. The van der Waals surface area contributed by atoms with Crippen molar-refractivity contribution in [3.8, 4) is 33.4 Å². The largest absolute Gasteiger partial charge is 0.0622 e. The lowest BCUT2D eigenvalue weighted by Gasteiger charge is -2.21. The van der Waals surface area contributed by atoms with Gasteiger partial charge in [-0.25, -0.2) is 0 Å². The predicted molar refractivity (Wildman–Crippen MR) is 198 cm³/mol. The van der Waals surface area contributed by atoms with Crippen molar-refractivity contribution in [3.05, 3.63) is 154 Å². The maximum absolute atomic E-state index is 4.01. The van der Waals surface area contributed by atoms with Crippen LogP contribution in [0.1, 0.15) is 11.1 Å². The Labute approximate surface area is 274 Å². The second-order valence-corrected chi connectivity index (χ2v) is 13.4. The second kappa shape index (κ2) is 10.7. The summed E-state index contributed by atoms with van der Waals surface area (Å²) in [5.41, 5.74) is 10.0. The normalized spacial score (nSPS) is 11.6. The van der Waals surface area contributed by atoms with Crippen LogP contribution in [0.5, 0.6) is 0 Å². The van der Waals surface area contributed by atoms with Crippen molar-refractivity contribution in [1.29, 1.82) is 0 Å². The molecule has 0 atom stereocenters. The summed E-state index contributed by atoms with van der Waals surface area (Å²) in [4.78, 5) is 0. The van der Waals surface area contributed by atoms with E-state index in [1.807, 2.05) is 0 Å². The summed E-state index contributed by atoms with van der Waals surface area (Å²) >= 11 is 7.85. The molecule has 0 heterocycles. The summed E-state index contributed by atoms with van der Waals surface area (Å²) in [6.07, 6.45) is 0. The van der Waals surface area contributed by atoms with E-state index in [-0.39, 0.29) is 0 Å².